The molecule has 0 bridgehead atoms. The van der Waals surface area contributed by atoms with Crippen molar-refractivity contribution in [1.29, 1.82) is 0 Å². The van der Waals surface area contributed by atoms with Crippen LogP contribution < -0.4 is 14.4 Å². The van der Waals surface area contributed by atoms with Crippen LogP contribution in [-0.2, 0) is 16.0 Å². The third-order valence-electron chi connectivity index (χ3n) is 7.83. The molecule has 0 aliphatic carbocycles. The van der Waals surface area contributed by atoms with E-state index in [0.717, 1.165) is 51.9 Å². The van der Waals surface area contributed by atoms with E-state index in [4.69, 9.17) is 14.5 Å². The summed E-state index contributed by atoms with van der Waals surface area (Å²) >= 11 is 1.37. The number of rotatable bonds is 8. The Hall–Kier alpha value is -4.17. The Labute approximate surface area is 249 Å². The molecule has 42 heavy (non-hydrogen) atoms. The molecule has 4 aromatic rings. The molecule has 1 saturated heterocycles. The fourth-order valence-corrected chi connectivity index (χ4v) is 7.02. The number of amides is 1. The van der Waals surface area contributed by atoms with Gasteiger partial charge in [0, 0.05) is 12.0 Å². The van der Waals surface area contributed by atoms with Crippen molar-refractivity contribution >= 4 is 44.1 Å². The first-order chi connectivity index (χ1) is 20.2. The molecule has 0 spiro atoms. The molecule has 2 aliphatic heterocycles. The predicted octanol–water partition coefficient (Wildman–Crippen LogP) is 7.43. The lowest BCUT2D eigenvalue weighted by molar-refractivity contribution is -0.132. The number of carbonyl (C=O) groups excluding carboxylic acids is 2. The number of ether oxygens (including phenoxy) is 2. The number of unbranched alkanes of at least 4 members (excludes halogenated alkanes) is 2. The van der Waals surface area contributed by atoms with Crippen LogP contribution in [0.25, 0.3) is 16.0 Å². The van der Waals surface area contributed by atoms with Crippen molar-refractivity contribution in [1.82, 2.24) is 4.98 Å². The van der Waals surface area contributed by atoms with Gasteiger partial charge < -0.3 is 14.6 Å². The van der Waals surface area contributed by atoms with Gasteiger partial charge in [-0.3, -0.25) is 14.5 Å². The lowest BCUT2D eigenvalue weighted by Crippen LogP contribution is -2.29. The number of aliphatic hydroxyl groups is 1. The second-order valence-corrected chi connectivity index (χ2v) is 12.2. The van der Waals surface area contributed by atoms with Crippen molar-refractivity contribution < 1.29 is 24.2 Å². The van der Waals surface area contributed by atoms with Gasteiger partial charge in [-0.15, -0.1) is 0 Å². The molecule has 216 valence electrons. The summed E-state index contributed by atoms with van der Waals surface area (Å²) in [5, 5.41) is 12.1. The molecule has 2 aliphatic rings. The highest BCUT2D eigenvalue weighted by atomic mass is 32.1. The molecule has 6 rings (SSSR count). The van der Waals surface area contributed by atoms with Crippen LogP contribution in [0.3, 0.4) is 0 Å². The van der Waals surface area contributed by atoms with E-state index in [9.17, 15) is 14.7 Å². The minimum absolute atomic E-state index is 0.0298. The monoisotopic (exact) mass is 582 g/mol. The van der Waals surface area contributed by atoms with Crippen molar-refractivity contribution in [2.24, 2.45) is 0 Å². The number of nitrogens with zero attached hydrogens (tertiary/aromatic N) is 2. The van der Waals surface area contributed by atoms with Crippen LogP contribution in [0.5, 0.6) is 11.5 Å². The van der Waals surface area contributed by atoms with Gasteiger partial charge in [0.25, 0.3) is 5.78 Å². The van der Waals surface area contributed by atoms with Crippen molar-refractivity contribution in [2.45, 2.75) is 65.5 Å². The molecule has 2 atom stereocenters. The fourth-order valence-electron chi connectivity index (χ4n) is 5.85. The zero-order valence-electron chi connectivity index (χ0n) is 24.3. The van der Waals surface area contributed by atoms with E-state index in [-0.39, 0.29) is 17.4 Å². The first-order valence-corrected chi connectivity index (χ1v) is 15.3. The number of aliphatic hydroxyl groups excluding tert-OH is 1. The standard InChI is InChI=1S/C34H34N2O5S/c1-5-6-7-13-40-25-10-8-9-22(18-25)30-28(31(37)23-11-12-26-24(17-23)16-21(4)41-26)32(38)33(39)36(30)34-35-29-20(3)14-19(2)15-27(29)42-34/h8-12,14-15,17-18,21,30,37H,5-7,13,16H2,1-4H3/t21-,30+/m0/s1. The molecular weight excluding hydrogens is 548 g/mol. The normalized spacial score (nSPS) is 19.4. The summed E-state index contributed by atoms with van der Waals surface area (Å²) in [7, 11) is 0. The van der Waals surface area contributed by atoms with Gasteiger partial charge in [-0.2, -0.15) is 0 Å². The van der Waals surface area contributed by atoms with Gasteiger partial charge >= 0.3 is 5.91 Å². The van der Waals surface area contributed by atoms with Gasteiger partial charge in [0.1, 0.15) is 23.4 Å². The summed E-state index contributed by atoms with van der Waals surface area (Å²) in [6, 6.07) is 16.0. The maximum atomic E-state index is 13.8. The van der Waals surface area contributed by atoms with Gasteiger partial charge in [-0.1, -0.05) is 49.3 Å². The van der Waals surface area contributed by atoms with Crippen molar-refractivity contribution in [3.63, 3.8) is 0 Å². The topological polar surface area (TPSA) is 89.0 Å². The Morgan fingerprint density at radius 1 is 1.12 bits per heavy atom. The number of aromatic nitrogens is 1. The number of fused-ring (bicyclic) bond motifs is 2. The van der Waals surface area contributed by atoms with E-state index in [2.05, 4.69) is 13.0 Å². The minimum atomic E-state index is -0.880. The van der Waals surface area contributed by atoms with E-state index in [1.54, 1.807) is 6.07 Å². The number of thiazole rings is 1. The highest BCUT2D eigenvalue weighted by molar-refractivity contribution is 7.22. The molecule has 1 fully saturated rings. The summed E-state index contributed by atoms with van der Waals surface area (Å²) in [4.78, 5) is 33.8. The number of benzene rings is 3. The molecule has 1 N–H and O–H groups in total. The zero-order chi connectivity index (χ0) is 29.5. The van der Waals surface area contributed by atoms with Gasteiger partial charge in [0.15, 0.2) is 5.13 Å². The summed E-state index contributed by atoms with van der Waals surface area (Å²) in [5.41, 5.74) is 5.00. The molecule has 3 aromatic carbocycles. The Morgan fingerprint density at radius 3 is 2.76 bits per heavy atom. The minimum Gasteiger partial charge on any atom is -0.507 e. The van der Waals surface area contributed by atoms with Gasteiger partial charge in [-0.25, -0.2) is 4.98 Å². The quantitative estimate of drug-likeness (QED) is 0.101. The van der Waals surface area contributed by atoms with E-state index in [0.29, 0.717) is 35.0 Å². The average Bonchev–Trinajstić information content (AvgIpc) is 3.63. The molecule has 8 heteroatoms. The number of aryl methyl sites for hydroxylation is 2. The lowest BCUT2D eigenvalue weighted by Gasteiger charge is -2.23. The summed E-state index contributed by atoms with van der Waals surface area (Å²) in [6.45, 7) is 8.71. The second kappa shape index (κ2) is 11.2. The number of carbonyl (C=O) groups is 2. The maximum absolute atomic E-state index is 13.8. The van der Waals surface area contributed by atoms with E-state index < -0.39 is 17.7 Å². The summed E-state index contributed by atoms with van der Waals surface area (Å²) in [6.07, 6.45) is 3.84. The highest BCUT2D eigenvalue weighted by Crippen LogP contribution is 2.45. The molecule has 0 radical (unpaired) electrons. The van der Waals surface area contributed by atoms with Gasteiger partial charge in [0.05, 0.1) is 28.4 Å². The van der Waals surface area contributed by atoms with Crippen LogP contribution in [0.15, 0.2) is 60.2 Å². The van der Waals surface area contributed by atoms with E-state index >= 15 is 0 Å². The number of hydrogen-bond donors (Lipinski definition) is 1. The highest BCUT2D eigenvalue weighted by Gasteiger charge is 2.48. The van der Waals surface area contributed by atoms with Crippen molar-refractivity contribution in [3.8, 4) is 11.5 Å². The molecule has 1 amide bonds. The molecule has 0 unspecified atom stereocenters. The number of ketones is 1. The smallest absolute Gasteiger partial charge is 0.301 e. The maximum Gasteiger partial charge on any atom is 0.301 e. The predicted molar refractivity (Wildman–Crippen MR) is 166 cm³/mol. The summed E-state index contributed by atoms with van der Waals surface area (Å²) < 4.78 is 12.8. The van der Waals surface area contributed by atoms with Gasteiger partial charge in [-0.05, 0) is 85.8 Å². The average molecular weight is 583 g/mol. The second-order valence-electron chi connectivity index (χ2n) is 11.2. The Kier molecular flexibility index (Phi) is 7.49. The van der Waals surface area contributed by atoms with Crippen LogP contribution in [0, 0.1) is 13.8 Å². The van der Waals surface area contributed by atoms with Crippen LogP contribution in [0.2, 0.25) is 0 Å². The molecular formula is C34H34N2O5S. The van der Waals surface area contributed by atoms with Crippen LogP contribution in [0.4, 0.5) is 5.13 Å². The Balaban J connectivity index is 1.49. The Morgan fingerprint density at radius 2 is 1.95 bits per heavy atom. The number of hydrogen-bond acceptors (Lipinski definition) is 7. The van der Waals surface area contributed by atoms with Crippen LogP contribution in [-0.4, -0.2) is 34.5 Å². The molecule has 7 nitrogen and oxygen atoms in total. The molecule has 3 heterocycles. The van der Waals surface area contributed by atoms with E-state index in [1.807, 2.05) is 63.2 Å². The first-order valence-electron chi connectivity index (χ1n) is 14.5. The number of Topliss-reactive ketones (excluding diaryl/α,β-unsaturated/α-hetero) is 1. The first kappa shape index (κ1) is 28.0. The SMILES string of the molecule is CCCCCOc1cccc([C@@H]2C(=C(O)c3ccc4c(c3)C[C@H](C)O4)C(=O)C(=O)N2c2nc3c(C)cc(C)cc3s2)c1. The fraction of sp³-hybridized carbons (Fsp3) is 0.324. The molecule has 0 saturated carbocycles. The van der Waals surface area contributed by atoms with Crippen molar-refractivity contribution in [3.05, 3.63) is 88.0 Å². The van der Waals surface area contributed by atoms with Crippen LogP contribution in [0.1, 0.15) is 67.0 Å². The largest absolute Gasteiger partial charge is 0.507 e. The van der Waals surface area contributed by atoms with Crippen molar-refractivity contribution in [2.75, 3.05) is 11.5 Å². The third kappa shape index (κ3) is 5.04. The number of anilines is 1. The molecule has 1 aromatic heterocycles. The summed E-state index contributed by atoms with van der Waals surface area (Å²) in [5.74, 6) is -0.269. The zero-order valence-corrected chi connectivity index (χ0v) is 25.1. The Bertz CT molecular complexity index is 1740. The van der Waals surface area contributed by atoms with E-state index in [1.165, 1.54) is 16.2 Å². The third-order valence-corrected chi connectivity index (χ3v) is 8.83. The van der Waals surface area contributed by atoms with Crippen LogP contribution >= 0.6 is 11.3 Å². The lowest BCUT2D eigenvalue weighted by atomic mass is 9.94. The van der Waals surface area contributed by atoms with Gasteiger partial charge in [0.2, 0.25) is 0 Å².